The first-order valence-corrected chi connectivity index (χ1v) is 14.6. The molecule has 0 atom stereocenters. The summed E-state index contributed by atoms with van der Waals surface area (Å²) >= 11 is 0. The van der Waals surface area contributed by atoms with Gasteiger partial charge in [0.2, 0.25) is 10.0 Å². The Morgan fingerprint density at radius 3 is 2.49 bits per heavy atom. The summed E-state index contributed by atoms with van der Waals surface area (Å²) in [5, 5.41) is 10.5. The standard InChI is InChI=1S/C29H33N3O6S/c1-3-37-28(34)20-24-23-14-13-22(19-26(23)30-29(24)21-9-5-4-6-10-21)38-18-16-32(15-17-33)27-12-8-7-11-25(27)31-39(2,35)36/h4-14,19,30-31,33H,3,15-18,20H2,1-2H3. The lowest BCUT2D eigenvalue weighted by atomic mass is 10.0. The molecule has 0 spiro atoms. The SMILES string of the molecule is CCOC(=O)Cc1c(-c2ccccc2)[nH]c2cc(OCCN(CCO)c3ccccc3NS(C)(=O)=O)ccc12. The molecule has 1 heterocycles. The van der Waals surface area contributed by atoms with E-state index in [4.69, 9.17) is 9.47 Å². The van der Waals surface area contributed by atoms with E-state index in [1.54, 1.807) is 25.1 Å². The quantitative estimate of drug-likeness (QED) is 0.213. The number of para-hydroxylation sites is 2. The van der Waals surface area contributed by atoms with Gasteiger partial charge in [-0.05, 0) is 42.3 Å². The van der Waals surface area contributed by atoms with E-state index in [0.717, 1.165) is 34.0 Å². The number of nitrogens with zero attached hydrogens (tertiary/aromatic N) is 1. The summed E-state index contributed by atoms with van der Waals surface area (Å²) in [7, 11) is -3.47. The van der Waals surface area contributed by atoms with E-state index in [1.807, 2.05) is 59.5 Å². The number of ether oxygens (including phenoxy) is 2. The molecule has 39 heavy (non-hydrogen) atoms. The maximum absolute atomic E-state index is 12.4. The fraction of sp³-hybridized carbons (Fsp3) is 0.276. The number of fused-ring (bicyclic) bond motifs is 1. The zero-order chi connectivity index (χ0) is 27.8. The summed E-state index contributed by atoms with van der Waals surface area (Å²) < 4.78 is 37.4. The van der Waals surface area contributed by atoms with Crippen molar-refractivity contribution in [3.8, 4) is 17.0 Å². The lowest BCUT2D eigenvalue weighted by Crippen LogP contribution is -2.32. The van der Waals surface area contributed by atoms with Gasteiger partial charge in [0.15, 0.2) is 0 Å². The number of anilines is 2. The number of esters is 1. The largest absolute Gasteiger partial charge is 0.492 e. The molecule has 3 aromatic carbocycles. The van der Waals surface area contributed by atoms with Gasteiger partial charge in [-0.1, -0.05) is 42.5 Å². The highest BCUT2D eigenvalue weighted by molar-refractivity contribution is 7.92. The van der Waals surface area contributed by atoms with Gasteiger partial charge in [0.25, 0.3) is 0 Å². The molecule has 0 saturated heterocycles. The Morgan fingerprint density at radius 2 is 1.77 bits per heavy atom. The van der Waals surface area contributed by atoms with Crippen molar-refractivity contribution in [2.45, 2.75) is 13.3 Å². The van der Waals surface area contributed by atoms with E-state index in [1.165, 1.54) is 0 Å². The molecule has 0 fully saturated rings. The van der Waals surface area contributed by atoms with Crippen LogP contribution in [0.1, 0.15) is 12.5 Å². The number of H-pyrrole nitrogens is 1. The van der Waals surface area contributed by atoms with Crippen LogP contribution >= 0.6 is 0 Å². The van der Waals surface area contributed by atoms with Gasteiger partial charge in [0.05, 0.1) is 49.5 Å². The van der Waals surface area contributed by atoms with E-state index in [-0.39, 0.29) is 19.0 Å². The Kier molecular flexibility index (Phi) is 9.11. The summed E-state index contributed by atoms with van der Waals surface area (Å²) in [6, 6.07) is 22.5. The van der Waals surface area contributed by atoms with Gasteiger partial charge < -0.3 is 24.5 Å². The molecule has 0 unspecified atom stereocenters. The summed E-state index contributed by atoms with van der Waals surface area (Å²) in [6.45, 7) is 3.02. The predicted molar refractivity (Wildman–Crippen MR) is 154 cm³/mol. The third kappa shape index (κ3) is 7.30. The second-order valence-electron chi connectivity index (χ2n) is 8.98. The van der Waals surface area contributed by atoms with Crippen molar-refractivity contribution in [2.24, 2.45) is 0 Å². The Morgan fingerprint density at radius 1 is 1.03 bits per heavy atom. The Hall–Kier alpha value is -4.02. The maximum atomic E-state index is 12.4. The van der Waals surface area contributed by atoms with Crippen LogP contribution in [-0.4, -0.2) is 63.6 Å². The number of aliphatic hydroxyl groups is 1. The third-order valence-corrected chi connectivity index (χ3v) is 6.70. The molecule has 0 aliphatic heterocycles. The first-order valence-electron chi connectivity index (χ1n) is 12.7. The number of aromatic nitrogens is 1. The minimum absolute atomic E-state index is 0.104. The van der Waals surface area contributed by atoms with Crippen LogP contribution in [0.5, 0.6) is 5.75 Å². The number of benzene rings is 3. The lowest BCUT2D eigenvalue weighted by molar-refractivity contribution is -0.142. The minimum atomic E-state index is -3.47. The fourth-order valence-corrected chi connectivity index (χ4v) is 5.07. The molecule has 0 saturated carbocycles. The number of rotatable bonds is 13. The monoisotopic (exact) mass is 551 g/mol. The van der Waals surface area contributed by atoms with Crippen LogP contribution in [0.15, 0.2) is 72.8 Å². The van der Waals surface area contributed by atoms with Gasteiger partial charge in [-0.15, -0.1) is 0 Å². The summed E-state index contributed by atoms with van der Waals surface area (Å²) in [6.07, 6.45) is 1.25. The average molecular weight is 552 g/mol. The minimum Gasteiger partial charge on any atom is -0.492 e. The zero-order valence-electron chi connectivity index (χ0n) is 22.0. The molecule has 4 aromatic rings. The lowest BCUT2D eigenvalue weighted by Gasteiger charge is -2.26. The van der Waals surface area contributed by atoms with Crippen LogP contribution < -0.4 is 14.4 Å². The summed E-state index contributed by atoms with van der Waals surface area (Å²) in [5.74, 6) is 0.350. The number of hydrogen-bond donors (Lipinski definition) is 3. The highest BCUT2D eigenvalue weighted by Gasteiger charge is 2.18. The molecule has 0 aliphatic carbocycles. The van der Waals surface area contributed by atoms with Gasteiger partial charge in [-0.25, -0.2) is 8.42 Å². The van der Waals surface area contributed by atoms with Gasteiger partial charge in [0.1, 0.15) is 12.4 Å². The van der Waals surface area contributed by atoms with Crippen LogP contribution in [0.3, 0.4) is 0 Å². The fourth-order valence-electron chi connectivity index (χ4n) is 4.50. The van der Waals surface area contributed by atoms with Crippen LogP contribution in [-0.2, 0) is 26.0 Å². The van der Waals surface area contributed by atoms with E-state index >= 15 is 0 Å². The maximum Gasteiger partial charge on any atom is 0.310 e. The van der Waals surface area contributed by atoms with Crippen LogP contribution in [0.4, 0.5) is 11.4 Å². The second-order valence-corrected chi connectivity index (χ2v) is 10.7. The highest BCUT2D eigenvalue weighted by atomic mass is 32.2. The number of nitrogens with one attached hydrogen (secondary N) is 2. The molecule has 0 aliphatic rings. The number of carbonyl (C=O) groups is 1. The van der Waals surface area contributed by atoms with Crippen LogP contribution in [0, 0.1) is 0 Å². The van der Waals surface area contributed by atoms with E-state index in [2.05, 4.69) is 9.71 Å². The Bertz CT molecular complexity index is 1520. The molecular weight excluding hydrogens is 518 g/mol. The molecule has 0 bridgehead atoms. The normalized spacial score (nSPS) is 11.4. The van der Waals surface area contributed by atoms with E-state index in [9.17, 15) is 18.3 Å². The molecule has 4 rings (SSSR count). The van der Waals surface area contributed by atoms with Crippen molar-refractivity contribution < 1.29 is 27.8 Å². The average Bonchev–Trinajstić information content (AvgIpc) is 3.25. The van der Waals surface area contributed by atoms with Gasteiger partial charge in [-0.2, -0.15) is 0 Å². The highest BCUT2D eigenvalue weighted by Crippen LogP contribution is 2.33. The molecule has 10 heteroatoms. The summed E-state index contributed by atoms with van der Waals surface area (Å²) in [4.78, 5) is 17.7. The molecule has 0 amide bonds. The molecule has 0 radical (unpaired) electrons. The first kappa shape index (κ1) is 28.0. The first-order chi connectivity index (χ1) is 18.8. The number of aromatic amines is 1. The Balaban J connectivity index is 1.54. The second kappa shape index (κ2) is 12.7. The number of sulfonamides is 1. The molecule has 3 N–H and O–H groups in total. The van der Waals surface area contributed by atoms with Gasteiger partial charge in [0, 0.05) is 23.5 Å². The third-order valence-electron chi connectivity index (χ3n) is 6.11. The molecular formula is C29H33N3O6S. The molecule has 206 valence electrons. The van der Waals surface area contributed by atoms with Crippen molar-refractivity contribution >= 4 is 38.3 Å². The van der Waals surface area contributed by atoms with E-state index < -0.39 is 10.0 Å². The Labute approximate surface area is 228 Å². The predicted octanol–water partition coefficient (Wildman–Crippen LogP) is 4.19. The van der Waals surface area contributed by atoms with Crippen molar-refractivity contribution in [3.05, 3.63) is 78.4 Å². The van der Waals surface area contributed by atoms with Crippen LogP contribution in [0.2, 0.25) is 0 Å². The smallest absolute Gasteiger partial charge is 0.310 e. The van der Waals surface area contributed by atoms with Gasteiger partial charge in [-0.3, -0.25) is 9.52 Å². The zero-order valence-corrected chi connectivity index (χ0v) is 22.8. The number of carbonyl (C=O) groups excluding carboxylic acids is 1. The van der Waals surface area contributed by atoms with Crippen molar-refractivity contribution in [2.75, 3.05) is 48.8 Å². The number of hydrogen-bond acceptors (Lipinski definition) is 7. The van der Waals surface area contributed by atoms with Crippen molar-refractivity contribution in [3.63, 3.8) is 0 Å². The number of aliphatic hydroxyl groups excluding tert-OH is 1. The van der Waals surface area contributed by atoms with E-state index in [0.29, 0.717) is 43.4 Å². The molecule has 9 nitrogen and oxygen atoms in total. The van der Waals surface area contributed by atoms with Gasteiger partial charge >= 0.3 is 5.97 Å². The van der Waals surface area contributed by atoms with Crippen molar-refractivity contribution in [1.82, 2.24) is 4.98 Å². The molecule has 1 aromatic heterocycles. The topological polar surface area (TPSA) is 121 Å². The summed E-state index contributed by atoms with van der Waals surface area (Å²) in [5.41, 5.74) is 4.61. The van der Waals surface area contributed by atoms with Crippen molar-refractivity contribution in [1.29, 1.82) is 0 Å². The van der Waals surface area contributed by atoms with Crippen LogP contribution in [0.25, 0.3) is 22.2 Å².